The summed E-state index contributed by atoms with van der Waals surface area (Å²) in [6.07, 6.45) is 11.4. The number of piperidine rings is 1. The molecule has 0 radical (unpaired) electrons. The number of nitrogens with one attached hydrogen (secondary N) is 2. The molecular weight excluding hydrogens is 426 g/mol. The van der Waals surface area contributed by atoms with Gasteiger partial charge in [-0.2, -0.15) is 0 Å². The van der Waals surface area contributed by atoms with Gasteiger partial charge >= 0.3 is 0 Å². The molecule has 5 rings (SSSR count). The van der Waals surface area contributed by atoms with Crippen LogP contribution in [0.2, 0.25) is 0 Å². The summed E-state index contributed by atoms with van der Waals surface area (Å²) in [5.74, 6) is 0. The topological polar surface area (TPSA) is 66.4 Å². The number of aliphatic imine (C=N–C) groups is 1. The molecule has 0 spiro atoms. The molecule has 0 aromatic carbocycles. The minimum Gasteiger partial charge on any atom is -0.393 e. The standard InChI is InChI=1S/C26H48N7O/c1-30-8-10-31(11-9-30)20-4-6-27-23(16-20)25-18-22(34)19-26(29-25)24-17-21(5-7-28-24)32-12-14-33(2,3)15-13-32/h5-7,20-26,28-29,34H,4,8-19H2,1-3H3/q+1. The van der Waals surface area contributed by atoms with E-state index in [1.165, 1.54) is 26.2 Å². The number of rotatable bonds is 4. The van der Waals surface area contributed by atoms with Crippen LogP contribution in [0.25, 0.3) is 0 Å². The maximum absolute atomic E-state index is 10.9. The summed E-state index contributed by atoms with van der Waals surface area (Å²) in [6, 6.07) is 2.28. The first-order valence-electron chi connectivity index (χ1n) is 13.7. The second-order valence-electron chi connectivity index (χ2n) is 12.2. The maximum atomic E-state index is 10.9. The van der Waals surface area contributed by atoms with Gasteiger partial charge < -0.3 is 25.1 Å². The second-order valence-corrected chi connectivity index (χ2v) is 12.2. The molecule has 0 saturated carbocycles. The van der Waals surface area contributed by atoms with Crippen LogP contribution in [0.15, 0.2) is 17.3 Å². The molecule has 34 heavy (non-hydrogen) atoms. The Kier molecular flexibility index (Phi) is 7.63. The van der Waals surface area contributed by atoms with Gasteiger partial charge in [-0.3, -0.25) is 14.8 Å². The van der Waals surface area contributed by atoms with E-state index >= 15 is 0 Å². The van der Waals surface area contributed by atoms with Crippen LogP contribution in [0.4, 0.5) is 0 Å². The van der Waals surface area contributed by atoms with E-state index in [4.69, 9.17) is 4.99 Å². The van der Waals surface area contributed by atoms with Gasteiger partial charge in [0, 0.05) is 75.7 Å². The average Bonchev–Trinajstić information content (AvgIpc) is 2.84. The molecule has 7 atom stereocenters. The summed E-state index contributed by atoms with van der Waals surface area (Å²) in [5, 5.41) is 18.5. The van der Waals surface area contributed by atoms with Gasteiger partial charge in [-0.05, 0) is 45.4 Å². The van der Waals surface area contributed by atoms with Crippen LogP contribution in [-0.2, 0) is 0 Å². The summed E-state index contributed by atoms with van der Waals surface area (Å²) >= 11 is 0. The molecule has 7 unspecified atom stereocenters. The third-order valence-electron chi connectivity index (χ3n) is 9.25. The van der Waals surface area contributed by atoms with Crippen LogP contribution in [-0.4, -0.2) is 146 Å². The molecule has 0 aromatic heterocycles. The number of aliphatic hydroxyl groups excluding tert-OH is 1. The summed E-state index contributed by atoms with van der Waals surface area (Å²) < 4.78 is 1.13. The smallest absolute Gasteiger partial charge is 0.0912 e. The van der Waals surface area contributed by atoms with E-state index in [9.17, 15) is 5.11 Å². The van der Waals surface area contributed by atoms with E-state index in [0.717, 1.165) is 62.8 Å². The van der Waals surface area contributed by atoms with Crippen molar-refractivity contribution >= 4 is 6.21 Å². The zero-order chi connectivity index (χ0) is 23.7. The van der Waals surface area contributed by atoms with Crippen LogP contribution in [0.1, 0.15) is 32.1 Å². The largest absolute Gasteiger partial charge is 0.393 e. The molecule has 5 aliphatic rings. The first-order valence-corrected chi connectivity index (χ1v) is 13.7. The van der Waals surface area contributed by atoms with Crippen LogP contribution in [0, 0.1) is 0 Å². The minimum absolute atomic E-state index is 0.241. The number of likely N-dealkylation sites (N-methyl/N-ethyl adjacent to an activating group) is 2. The first kappa shape index (κ1) is 24.7. The molecule has 0 aromatic rings. The fraction of sp³-hybridized carbons (Fsp3) is 0.885. The number of quaternary nitrogens is 1. The number of aliphatic hydroxyl groups is 1. The van der Waals surface area contributed by atoms with Crippen LogP contribution < -0.4 is 10.6 Å². The summed E-state index contributed by atoms with van der Waals surface area (Å²) in [6.45, 7) is 9.44. The van der Waals surface area contributed by atoms with Crippen molar-refractivity contribution in [1.82, 2.24) is 25.3 Å². The Morgan fingerprint density at radius 3 is 2.38 bits per heavy atom. The lowest BCUT2D eigenvalue weighted by molar-refractivity contribution is -0.894. The predicted molar refractivity (Wildman–Crippen MR) is 138 cm³/mol. The van der Waals surface area contributed by atoms with Crippen LogP contribution in [0.3, 0.4) is 0 Å². The number of hydrogen-bond acceptors (Lipinski definition) is 7. The van der Waals surface area contributed by atoms with Crippen molar-refractivity contribution in [2.45, 2.75) is 74.5 Å². The van der Waals surface area contributed by atoms with E-state index in [2.05, 4.69) is 65.0 Å². The van der Waals surface area contributed by atoms with E-state index < -0.39 is 0 Å². The van der Waals surface area contributed by atoms with Crippen molar-refractivity contribution in [2.24, 2.45) is 4.99 Å². The zero-order valence-electron chi connectivity index (χ0n) is 21.6. The Morgan fingerprint density at radius 1 is 0.882 bits per heavy atom. The first-order chi connectivity index (χ1) is 16.4. The van der Waals surface area contributed by atoms with Crippen molar-refractivity contribution in [2.75, 3.05) is 73.5 Å². The Morgan fingerprint density at radius 2 is 1.62 bits per heavy atom. The molecular formula is C26H48N7O+. The van der Waals surface area contributed by atoms with Gasteiger partial charge in [-0.25, -0.2) is 0 Å². The highest BCUT2D eigenvalue weighted by molar-refractivity contribution is 5.59. The second kappa shape index (κ2) is 10.5. The van der Waals surface area contributed by atoms with Gasteiger partial charge in [0.05, 0.1) is 39.3 Å². The summed E-state index contributed by atoms with van der Waals surface area (Å²) in [5.41, 5.74) is 0. The average molecular weight is 475 g/mol. The molecule has 0 amide bonds. The molecule has 8 heteroatoms. The summed E-state index contributed by atoms with van der Waals surface area (Å²) in [7, 11) is 6.90. The predicted octanol–water partition coefficient (Wildman–Crippen LogP) is -0.0467. The third kappa shape index (κ3) is 5.85. The van der Waals surface area contributed by atoms with Gasteiger partial charge in [0.1, 0.15) is 0 Å². The fourth-order valence-electron chi connectivity index (χ4n) is 6.75. The van der Waals surface area contributed by atoms with Crippen molar-refractivity contribution in [3.8, 4) is 0 Å². The lowest BCUT2D eigenvalue weighted by atomic mass is 9.83. The fourth-order valence-corrected chi connectivity index (χ4v) is 6.75. The van der Waals surface area contributed by atoms with Crippen molar-refractivity contribution in [3.63, 3.8) is 0 Å². The highest BCUT2D eigenvalue weighted by Crippen LogP contribution is 2.28. The van der Waals surface area contributed by atoms with Crippen molar-refractivity contribution in [1.29, 1.82) is 0 Å². The van der Waals surface area contributed by atoms with Gasteiger partial charge in [-0.15, -0.1) is 0 Å². The monoisotopic (exact) mass is 474 g/mol. The van der Waals surface area contributed by atoms with Gasteiger partial charge in [-0.1, -0.05) is 6.08 Å². The Hall–Kier alpha value is -1.03. The highest BCUT2D eigenvalue weighted by Gasteiger charge is 2.40. The molecule has 8 nitrogen and oxygen atoms in total. The van der Waals surface area contributed by atoms with Crippen molar-refractivity contribution in [3.05, 3.63) is 12.3 Å². The lowest BCUT2D eigenvalue weighted by Crippen LogP contribution is -2.62. The van der Waals surface area contributed by atoms with Gasteiger partial charge in [0.2, 0.25) is 0 Å². The minimum atomic E-state index is -0.241. The molecule has 0 bridgehead atoms. The van der Waals surface area contributed by atoms with Crippen LogP contribution in [0.5, 0.6) is 0 Å². The molecule has 5 aliphatic heterocycles. The van der Waals surface area contributed by atoms with Gasteiger partial charge in [0.25, 0.3) is 0 Å². The Balaban J connectivity index is 1.18. The van der Waals surface area contributed by atoms with E-state index in [1.54, 1.807) is 0 Å². The SMILES string of the molecule is CN1CCN(C2CC=NC(C3CC(O)CC(C4CC(N5CC[N+](C)(C)CC5)C=CN4)N3)C2)CC1. The maximum Gasteiger partial charge on any atom is 0.0912 e. The lowest BCUT2D eigenvalue weighted by Gasteiger charge is -2.46. The number of nitrogens with zero attached hydrogens (tertiary/aromatic N) is 5. The quantitative estimate of drug-likeness (QED) is 0.497. The molecule has 0 aliphatic carbocycles. The molecule has 5 heterocycles. The van der Waals surface area contributed by atoms with Gasteiger partial charge in [0.15, 0.2) is 0 Å². The van der Waals surface area contributed by atoms with E-state index in [1.807, 2.05) is 0 Å². The molecule has 192 valence electrons. The Bertz CT molecular complexity index is 725. The van der Waals surface area contributed by atoms with Crippen LogP contribution >= 0.6 is 0 Å². The summed E-state index contributed by atoms with van der Waals surface area (Å²) in [4.78, 5) is 12.7. The number of hydrogen-bond donors (Lipinski definition) is 3. The Labute approximate surface area is 206 Å². The van der Waals surface area contributed by atoms with Crippen molar-refractivity contribution < 1.29 is 9.59 Å². The number of piperazine rings is 2. The molecule has 3 saturated heterocycles. The highest BCUT2D eigenvalue weighted by atomic mass is 16.3. The molecule has 3 N–H and O–H groups in total. The third-order valence-corrected chi connectivity index (χ3v) is 9.25. The molecule has 3 fully saturated rings. The van der Waals surface area contributed by atoms with E-state index in [0.29, 0.717) is 18.1 Å². The zero-order valence-corrected chi connectivity index (χ0v) is 21.6. The van der Waals surface area contributed by atoms with E-state index in [-0.39, 0.29) is 24.2 Å². The normalized spacial score (nSPS) is 42.4.